The average molecular weight is 503 g/mol. The predicted octanol–water partition coefficient (Wildman–Crippen LogP) is 2.57. The molecule has 2 aromatic heterocycles. The zero-order valence-corrected chi connectivity index (χ0v) is 17.9. The van der Waals surface area contributed by atoms with Crippen molar-refractivity contribution < 1.29 is 9.53 Å². The van der Waals surface area contributed by atoms with E-state index in [4.69, 9.17) is 4.74 Å². The normalized spacial score (nSPS) is 11.7. The first-order chi connectivity index (χ1) is 12.2. The van der Waals surface area contributed by atoms with E-state index in [0.29, 0.717) is 22.5 Å². The first-order valence-electron chi connectivity index (χ1n) is 7.34. The van der Waals surface area contributed by atoms with Crippen molar-refractivity contribution in [1.29, 1.82) is 0 Å². The number of carbonyl (C=O) groups excluding carboxylic acids is 1. The Morgan fingerprint density at radius 3 is 2.62 bits per heavy atom. The lowest BCUT2D eigenvalue weighted by atomic mass is 10.1. The number of hydrogen-bond donors (Lipinski definition) is 0. The number of nitrogens with zero attached hydrogens (tertiary/aromatic N) is 3. The third kappa shape index (κ3) is 2.95. The molecule has 0 unspecified atom stereocenters. The van der Waals surface area contributed by atoms with E-state index in [1.165, 1.54) is 29.3 Å². The number of rotatable bonds is 3. The van der Waals surface area contributed by atoms with Crippen LogP contribution < -0.4 is 11.2 Å². The maximum absolute atomic E-state index is 12.5. The summed E-state index contributed by atoms with van der Waals surface area (Å²) in [5.41, 5.74) is 0.483. The number of methoxy groups -OCH3 is 1. The molecule has 26 heavy (non-hydrogen) atoms. The van der Waals surface area contributed by atoms with E-state index in [1.54, 1.807) is 32.2 Å². The van der Waals surface area contributed by atoms with Gasteiger partial charge in [-0.05, 0) is 36.7 Å². The fourth-order valence-corrected chi connectivity index (χ4v) is 4.46. The highest BCUT2D eigenvalue weighted by molar-refractivity contribution is 9.25. The van der Waals surface area contributed by atoms with Gasteiger partial charge in [0.15, 0.2) is 0 Å². The molecule has 0 radical (unpaired) electrons. The first kappa shape index (κ1) is 19.0. The van der Waals surface area contributed by atoms with Gasteiger partial charge in [0.05, 0.1) is 17.5 Å². The van der Waals surface area contributed by atoms with Crippen molar-refractivity contribution in [3.8, 4) is 5.69 Å². The number of fused-ring (bicyclic) bond motifs is 1. The average Bonchev–Trinajstić information content (AvgIpc) is 3.03. The fourth-order valence-electron chi connectivity index (χ4n) is 2.49. The number of aryl methyl sites for hydroxylation is 1. The number of carbonyl (C=O) groups is 1. The largest absolute Gasteiger partial charge is 0.467 e. The molecule has 0 aliphatic carbocycles. The van der Waals surface area contributed by atoms with Crippen molar-refractivity contribution >= 4 is 59.4 Å². The van der Waals surface area contributed by atoms with Crippen molar-refractivity contribution in [2.45, 2.75) is 10.2 Å². The van der Waals surface area contributed by atoms with Gasteiger partial charge in [-0.25, -0.2) is 14.2 Å². The minimum Gasteiger partial charge on any atom is -0.467 e. The van der Waals surface area contributed by atoms with Gasteiger partial charge in [-0.15, -0.1) is 0 Å². The van der Waals surface area contributed by atoms with Crippen LogP contribution in [0.4, 0.5) is 0 Å². The van der Waals surface area contributed by atoms with E-state index in [1.807, 2.05) is 0 Å². The van der Waals surface area contributed by atoms with E-state index in [9.17, 15) is 14.4 Å². The lowest BCUT2D eigenvalue weighted by Gasteiger charge is -2.16. The van der Waals surface area contributed by atoms with Crippen LogP contribution in [0.1, 0.15) is 11.4 Å². The SMILES string of the molecule is COC(=O)C(Br)(Br)c1nsc2ccc(-n3c(=O)cc(C)n(C)c3=O)cc12. The minimum absolute atomic E-state index is 0.392. The quantitative estimate of drug-likeness (QED) is 0.406. The summed E-state index contributed by atoms with van der Waals surface area (Å²) in [6, 6.07) is 6.48. The predicted molar refractivity (Wildman–Crippen MR) is 107 cm³/mol. The van der Waals surface area contributed by atoms with Gasteiger partial charge in [0.2, 0.25) is 3.23 Å². The van der Waals surface area contributed by atoms with Crippen LogP contribution in [0.25, 0.3) is 15.8 Å². The fraction of sp³-hybridized carbons (Fsp3) is 0.250. The molecular formula is C16H13Br2N3O4S. The zero-order chi connectivity index (χ0) is 19.2. The van der Waals surface area contributed by atoms with Crippen LogP contribution in [0, 0.1) is 6.92 Å². The molecule has 0 bridgehead atoms. The van der Waals surface area contributed by atoms with Crippen LogP contribution in [-0.4, -0.2) is 26.6 Å². The summed E-state index contributed by atoms with van der Waals surface area (Å²) in [6.07, 6.45) is 0. The van der Waals surface area contributed by atoms with Crippen molar-refractivity contribution in [2.75, 3.05) is 7.11 Å². The molecule has 0 amide bonds. The Kier molecular flexibility index (Phi) is 4.93. The molecule has 0 aliphatic rings. The van der Waals surface area contributed by atoms with E-state index < -0.39 is 20.5 Å². The number of halogens is 2. The molecule has 10 heteroatoms. The lowest BCUT2D eigenvalue weighted by Crippen LogP contribution is -2.38. The number of aromatic nitrogens is 3. The van der Waals surface area contributed by atoms with Crippen molar-refractivity contribution in [3.05, 3.63) is 56.5 Å². The number of benzene rings is 1. The monoisotopic (exact) mass is 501 g/mol. The number of ether oxygens (including phenoxy) is 1. The van der Waals surface area contributed by atoms with Crippen LogP contribution >= 0.6 is 43.4 Å². The maximum Gasteiger partial charge on any atom is 0.339 e. The Morgan fingerprint density at radius 2 is 1.96 bits per heavy atom. The van der Waals surface area contributed by atoms with Crippen LogP contribution in [0.2, 0.25) is 0 Å². The van der Waals surface area contributed by atoms with E-state index in [0.717, 1.165) is 9.27 Å². The third-order valence-corrected chi connectivity index (χ3v) is 6.24. The molecule has 2 heterocycles. The van der Waals surface area contributed by atoms with Crippen molar-refractivity contribution in [1.82, 2.24) is 13.5 Å². The molecule has 0 saturated carbocycles. The van der Waals surface area contributed by atoms with Crippen LogP contribution in [0.3, 0.4) is 0 Å². The third-order valence-electron chi connectivity index (χ3n) is 4.01. The zero-order valence-electron chi connectivity index (χ0n) is 13.9. The summed E-state index contributed by atoms with van der Waals surface area (Å²) in [5.74, 6) is -0.571. The molecule has 0 fully saturated rings. The molecule has 0 atom stereocenters. The standard InChI is InChI=1S/C16H13Br2N3O4S/c1-8-6-12(22)21(15(24)20(8)2)9-4-5-11-10(7-9)13(19-26-11)16(17,18)14(23)25-3/h4-7H,1-3H3. The Hall–Kier alpha value is -1.78. The van der Waals surface area contributed by atoms with Crippen LogP contribution in [0.5, 0.6) is 0 Å². The Balaban J connectivity index is 2.28. The minimum atomic E-state index is -1.32. The Labute approximate surface area is 168 Å². The first-order valence-corrected chi connectivity index (χ1v) is 9.70. The van der Waals surface area contributed by atoms with Gasteiger partial charge in [0.1, 0.15) is 5.69 Å². The smallest absolute Gasteiger partial charge is 0.339 e. The number of hydrogen-bond acceptors (Lipinski definition) is 6. The second kappa shape index (κ2) is 6.75. The molecule has 3 rings (SSSR count). The summed E-state index contributed by atoms with van der Waals surface area (Å²) in [6.45, 7) is 1.69. The van der Waals surface area contributed by atoms with Gasteiger partial charge in [-0.2, -0.15) is 4.37 Å². The van der Waals surface area contributed by atoms with Crippen LogP contribution in [0.15, 0.2) is 33.9 Å². The highest BCUT2D eigenvalue weighted by atomic mass is 79.9. The highest BCUT2D eigenvalue weighted by Crippen LogP contribution is 2.43. The Bertz CT molecular complexity index is 1150. The van der Waals surface area contributed by atoms with Gasteiger partial charge in [0.25, 0.3) is 5.56 Å². The molecule has 136 valence electrons. The van der Waals surface area contributed by atoms with Gasteiger partial charge in [-0.1, -0.05) is 31.9 Å². The summed E-state index contributed by atoms with van der Waals surface area (Å²) in [5, 5.41) is 0.626. The summed E-state index contributed by atoms with van der Waals surface area (Å²) in [4.78, 5) is 37.0. The van der Waals surface area contributed by atoms with Gasteiger partial charge < -0.3 is 9.30 Å². The topological polar surface area (TPSA) is 83.2 Å². The molecule has 1 aromatic carbocycles. The molecule has 0 aliphatic heterocycles. The second-order valence-corrected chi connectivity index (χ2v) is 9.83. The number of alkyl halides is 2. The molecule has 7 nitrogen and oxygen atoms in total. The van der Waals surface area contributed by atoms with E-state index >= 15 is 0 Å². The summed E-state index contributed by atoms with van der Waals surface area (Å²) in [7, 11) is 2.87. The van der Waals surface area contributed by atoms with E-state index in [2.05, 4.69) is 36.2 Å². The van der Waals surface area contributed by atoms with Crippen molar-refractivity contribution in [3.63, 3.8) is 0 Å². The van der Waals surface area contributed by atoms with Crippen molar-refractivity contribution in [2.24, 2.45) is 7.05 Å². The molecule has 0 N–H and O–H groups in total. The second-order valence-electron chi connectivity index (χ2n) is 5.58. The molecule has 0 saturated heterocycles. The highest BCUT2D eigenvalue weighted by Gasteiger charge is 2.39. The lowest BCUT2D eigenvalue weighted by molar-refractivity contribution is -0.140. The molecular weight excluding hydrogens is 490 g/mol. The summed E-state index contributed by atoms with van der Waals surface area (Å²) >= 11 is 7.80. The number of esters is 1. The Morgan fingerprint density at radius 1 is 1.27 bits per heavy atom. The van der Waals surface area contributed by atoms with E-state index in [-0.39, 0.29) is 0 Å². The van der Waals surface area contributed by atoms with Gasteiger partial charge >= 0.3 is 11.7 Å². The molecule has 3 aromatic rings. The van der Waals surface area contributed by atoms with Crippen LogP contribution in [-0.2, 0) is 19.8 Å². The molecule has 0 spiro atoms. The van der Waals surface area contributed by atoms with Gasteiger partial charge in [-0.3, -0.25) is 4.79 Å². The summed E-state index contributed by atoms with van der Waals surface area (Å²) < 4.78 is 11.1. The van der Waals surface area contributed by atoms with Gasteiger partial charge in [0, 0.05) is 24.2 Å². The maximum atomic E-state index is 12.5.